The molecule has 0 aliphatic heterocycles. The molecule has 0 aromatic carbocycles. The minimum absolute atomic E-state index is 0.539. The van der Waals surface area contributed by atoms with Gasteiger partial charge < -0.3 is 4.57 Å². The average Bonchev–Trinajstić information content (AvgIpc) is 2.31. The van der Waals surface area contributed by atoms with Crippen LogP contribution in [0.1, 0.15) is 5.82 Å². The zero-order valence-electron chi connectivity index (χ0n) is 5.91. The molecule has 0 spiro atoms. The van der Waals surface area contributed by atoms with Gasteiger partial charge in [-0.3, -0.25) is 0 Å². The maximum Gasteiger partial charge on any atom is 0.105 e. The number of nitrogens with zero attached hydrogens (tertiary/aromatic N) is 3. The molecule has 1 N–H and O–H groups in total. The van der Waals surface area contributed by atoms with Gasteiger partial charge in [0.2, 0.25) is 0 Å². The lowest BCUT2D eigenvalue weighted by Crippen LogP contribution is -2.01. The van der Waals surface area contributed by atoms with Crippen molar-refractivity contribution in [2.24, 2.45) is 5.11 Å². The van der Waals surface area contributed by atoms with Gasteiger partial charge in [0.25, 0.3) is 0 Å². The number of hydrogen-bond donors (Lipinski definition) is 1. The average molecular weight is 138 g/mol. The first-order chi connectivity index (χ1) is 4.84. The van der Waals surface area contributed by atoms with E-state index in [1.54, 1.807) is 6.20 Å². The highest BCUT2D eigenvalue weighted by Gasteiger charge is 1.93. The summed E-state index contributed by atoms with van der Waals surface area (Å²) in [5.74, 6) is 0.976. The third kappa shape index (κ3) is 1.40. The van der Waals surface area contributed by atoms with Gasteiger partial charge in [0.1, 0.15) is 5.82 Å². The van der Waals surface area contributed by atoms with Crippen LogP contribution >= 0.6 is 0 Å². The maximum absolute atomic E-state index is 6.57. The van der Waals surface area contributed by atoms with Crippen LogP contribution in [-0.4, -0.2) is 16.1 Å². The predicted octanol–water partition coefficient (Wildman–Crippen LogP) is 1.22. The number of hydrogen-bond acceptors (Lipinski definition) is 3. The quantitative estimate of drug-likeness (QED) is 0.627. The number of imidazole rings is 1. The van der Waals surface area contributed by atoms with Crippen LogP contribution in [0.4, 0.5) is 0 Å². The van der Waals surface area contributed by atoms with Gasteiger partial charge in [-0.15, -0.1) is 0 Å². The van der Waals surface area contributed by atoms with Gasteiger partial charge in [-0.05, 0) is 6.92 Å². The van der Waals surface area contributed by atoms with Crippen LogP contribution in [0.3, 0.4) is 0 Å². The lowest BCUT2D eigenvalue weighted by atomic mass is 10.6. The van der Waals surface area contributed by atoms with Crippen LogP contribution in [-0.2, 0) is 6.54 Å². The Bertz CT molecular complexity index is 215. The molecule has 0 radical (unpaired) electrons. The molecule has 4 heteroatoms. The molecule has 54 valence electrons. The van der Waals surface area contributed by atoms with E-state index in [1.807, 2.05) is 17.7 Å². The monoisotopic (exact) mass is 138 g/mol. The lowest BCUT2D eigenvalue weighted by Gasteiger charge is -1.98. The van der Waals surface area contributed by atoms with Gasteiger partial charge in [-0.1, -0.05) is 0 Å². The fourth-order valence-corrected chi connectivity index (χ4v) is 0.798. The van der Waals surface area contributed by atoms with Gasteiger partial charge in [0, 0.05) is 18.9 Å². The smallest absolute Gasteiger partial charge is 0.105 e. The first-order valence-corrected chi connectivity index (χ1v) is 3.15. The molecule has 0 fully saturated rings. The Morgan fingerprint density at radius 1 is 1.80 bits per heavy atom. The van der Waals surface area contributed by atoms with Gasteiger partial charge in [0.15, 0.2) is 0 Å². The van der Waals surface area contributed by atoms with Crippen molar-refractivity contribution in [3.05, 3.63) is 18.2 Å². The summed E-state index contributed by atoms with van der Waals surface area (Å²) in [5, 5.41) is 3.25. The maximum atomic E-state index is 6.57. The zero-order valence-corrected chi connectivity index (χ0v) is 5.91. The van der Waals surface area contributed by atoms with Gasteiger partial charge >= 0.3 is 0 Å². The molecule has 10 heavy (non-hydrogen) atoms. The fraction of sp³-hybridized carbons (Fsp3) is 0.500. The zero-order chi connectivity index (χ0) is 7.40. The van der Waals surface area contributed by atoms with Crippen LogP contribution in [0.2, 0.25) is 0 Å². The molecule has 0 atom stereocenters. The van der Waals surface area contributed by atoms with Crippen LogP contribution in [0.15, 0.2) is 17.5 Å². The summed E-state index contributed by atoms with van der Waals surface area (Å²) in [6, 6.07) is 0. The third-order valence-electron chi connectivity index (χ3n) is 1.38. The summed E-state index contributed by atoms with van der Waals surface area (Å²) in [6.07, 6.45) is 3.64. The molecule has 0 saturated carbocycles. The second-order valence-electron chi connectivity index (χ2n) is 2.05. The topological polar surface area (TPSA) is 54.0 Å². The Kier molecular flexibility index (Phi) is 2.15. The highest BCUT2D eigenvalue weighted by Crippen LogP contribution is 1.93. The van der Waals surface area contributed by atoms with E-state index in [4.69, 9.17) is 5.53 Å². The molecule has 0 amide bonds. The molecule has 1 rings (SSSR count). The SMILES string of the molecule is Cc1nccn1CCN=N. The van der Waals surface area contributed by atoms with Gasteiger partial charge in [-0.25, -0.2) is 10.5 Å². The lowest BCUT2D eigenvalue weighted by molar-refractivity contribution is 0.663. The molecular formula is C6H10N4. The standard InChI is InChI=1S/C6H10N4/c1-6-8-2-4-10(6)5-3-9-7/h2,4,7H,3,5H2,1H3. The van der Waals surface area contributed by atoms with Crippen molar-refractivity contribution >= 4 is 0 Å². The number of aryl methyl sites for hydroxylation is 1. The first-order valence-electron chi connectivity index (χ1n) is 3.15. The molecule has 1 heterocycles. The van der Waals surface area contributed by atoms with E-state index < -0.39 is 0 Å². The molecule has 4 nitrogen and oxygen atoms in total. The molecule has 0 unspecified atom stereocenters. The van der Waals surface area contributed by atoms with Crippen molar-refractivity contribution in [2.45, 2.75) is 13.5 Å². The second-order valence-corrected chi connectivity index (χ2v) is 2.05. The van der Waals surface area contributed by atoms with Crippen molar-refractivity contribution < 1.29 is 0 Å². The van der Waals surface area contributed by atoms with Crippen molar-refractivity contribution in [1.29, 1.82) is 5.53 Å². The largest absolute Gasteiger partial charge is 0.333 e. The summed E-state index contributed by atoms with van der Waals surface area (Å²) >= 11 is 0. The van der Waals surface area contributed by atoms with Crippen molar-refractivity contribution in [3.8, 4) is 0 Å². The highest BCUT2D eigenvalue weighted by atomic mass is 15.1. The molecular weight excluding hydrogens is 128 g/mol. The van der Waals surface area contributed by atoms with E-state index in [-0.39, 0.29) is 0 Å². The van der Waals surface area contributed by atoms with E-state index in [0.29, 0.717) is 6.54 Å². The normalized spacial score (nSPS) is 9.70. The van der Waals surface area contributed by atoms with E-state index in [2.05, 4.69) is 10.1 Å². The summed E-state index contributed by atoms with van der Waals surface area (Å²) < 4.78 is 1.97. The molecule has 0 aliphatic carbocycles. The number of aromatic nitrogens is 2. The van der Waals surface area contributed by atoms with Gasteiger partial charge in [-0.2, -0.15) is 5.11 Å². The number of rotatable bonds is 3. The molecule has 1 aromatic rings. The number of nitrogens with one attached hydrogen (secondary N) is 1. The van der Waals surface area contributed by atoms with Crippen LogP contribution < -0.4 is 0 Å². The minimum atomic E-state index is 0.539. The Morgan fingerprint density at radius 2 is 2.60 bits per heavy atom. The Hall–Kier alpha value is -1.19. The molecule has 0 saturated heterocycles. The summed E-state index contributed by atoms with van der Waals surface area (Å²) in [5.41, 5.74) is 6.57. The Morgan fingerprint density at radius 3 is 3.10 bits per heavy atom. The molecule has 0 aliphatic rings. The Labute approximate surface area is 59.4 Å². The van der Waals surface area contributed by atoms with Crippen molar-refractivity contribution in [3.63, 3.8) is 0 Å². The molecule has 1 aromatic heterocycles. The van der Waals surface area contributed by atoms with Crippen molar-refractivity contribution in [1.82, 2.24) is 9.55 Å². The van der Waals surface area contributed by atoms with Crippen LogP contribution in [0, 0.1) is 12.5 Å². The van der Waals surface area contributed by atoms with Crippen LogP contribution in [0.5, 0.6) is 0 Å². The molecule has 0 bridgehead atoms. The third-order valence-corrected chi connectivity index (χ3v) is 1.38. The van der Waals surface area contributed by atoms with E-state index in [9.17, 15) is 0 Å². The van der Waals surface area contributed by atoms with E-state index in [0.717, 1.165) is 12.4 Å². The summed E-state index contributed by atoms with van der Waals surface area (Å²) in [4.78, 5) is 4.03. The Balaban J connectivity index is 2.56. The summed E-state index contributed by atoms with van der Waals surface area (Å²) in [7, 11) is 0. The predicted molar refractivity (Wildman–Crippen MR) is 37.0 cm³/mol. The summed E-state index contributed by atoms with van der Waals surface area (Å²) in [6.45, 7) is 3.23. The first kappa shape index (κ1) is 6.92. The minimum Gasteiger partial charge on any atom is -0.333 e. The second kappa shape index (κ2) is 3.10. The van der Waals surface area contributed by atoms with E-state index >= 15 is 0 Å². The van der Waals surface area contributed by atoms with Crippen LogP contribution in [0.25, 0.3) is 0 Å². The van der Waals surface area contributed by atoms with Gasteiger partial charge in [0.05, 0.1) is 6.54 Å². The van der Waals surface area contributed by atoms with E-state index in [1.165, 1.54) is 0 Å². The highest BCUT2D eigenvalue weighted by molar-refractivity contribution is 4.88. The van der Waals surface area contributed by atoms with Crippen molar-refractivity contribution in [2.75, 3.05) is 6.54 Å². The fourth-order valence-electron chi connectivity index (χ4n) is 0.798.